The molecule has 0 saturated heterocycles. The SMILES string of the molecule is N#CP(=O)(NC=O)NC=O. The van der Waals surface area contributed by atoms with Gasteiger partial charge in [-0.05, 0) is 0 Å². The standard InChI is InChI=1S/C3H4N3O3P/c4-1-10(9,5-2-7)6-3-8/h2-3H,(H2,5,6,7,8,9). The van der Waals surface area contributed by atoms with Crippen LogP contribution in [0.1, 0.15) is 0 Å². The van der Waals surface area contributed by atoms with Crippen molar-refractivity contribution in [1.82, 2.24) is 10.2 Å². The summed E-state index contributed by atoms with van der Waals surface area (Å²) in [4.78, 5) is 19.3. The van der Waals surface area contributed by atoms with Gasteiger partial charge in [0.2, 0.25) is 12.8 Å². The first-order chi connectivity index (χ1) is 4.68. The first kappa shape index (κ1) is 8.66. The summed E-state index contributed by atoms with van der Waals surface area (Å²) in [6.07, 6.45) is 0.168. The van der Waals surface area contributed by atoms with E-state index in [-0.39, 0.29) is 12.8 Å². The molecular weight excluding hydrogens is 157 g/mol. The minimum Gasteiger partial charge on any atom is -0.282 e. The summed E-state index contributed by atoms with van der Waals surface area (Å²) >= 11 is 0. The highest BCUT2D eigenvalue weighted by Crippen LogP contribution is 2.31. The van der Waals surface area contributed by atoms with Crippen LogP contribution in [0.3, 0.4) is 0 Å². The quantitative estimate of drug-likeness (QED) is 0.414. The van der Waals surface area contributed by atoms with Crippen LogP contribution in [0.5, 0.6) is 0 Å². The summed E-state index contributed by atoms with van der Waals surface area (Å²) in [7, 11) is -3.63. The molecule has 0 saturated carbocycles. The number of nitrogens with one attached hydrogen (secondary N) is 2. The Hall–Kier alpha value is -1.34. The number of rotatable bonds is 4. The average molecular weight is 161 g/mol. The highest BCUT2D eigenvalue weighted by atomic mass is 31.2. The number of hydrogen-bond acceptors (Lipinski definition) is 4. The topological polar surface area (TPSA) is 99.1 Å². The zero-order chi connectivity index (χ0) is 8.04. The molecule has 7 heteroatoms. The Kier molecular flexibility index (Phi) is 3.15. The molecule has 0 aromatic rings. The van der Waals surface area contributed by atoms with Crippen LogP contribution < -0.4 is 10.2 Å². The van der Waals surface area contributed by atoms with Crippen LogP contribution in [-0.2, 0) is 14.2 Å². The first-order valence-electron chi connectivity index (χ1n) is 2.13. The van der Waals surface area contributed by atoms with Crippen molar-refractivity contribution in [3.8, 4) is 5.81 Å². The van der Waals surface area contributed by atoms with Crippen molar-refractivity contribution in [3.05, 3.63) is 0 Å². The lowest BCUT2D eigenvalue weighted by atomic mass is 11.5. The predicted molar refractivity (Wildman–Crippen MR) is 31.6 cm³/mol. The lowest BCUT2D eigenvalue weighted by Gasteiger charge is -2.03. The van der Waals surface area contributed by atoms with Gasteiger partial charge in [0.05, 0.1) is 0 Å². The highest BCUT2D eigenvalue weighted by Gasteiger charge is 2.17. The van der Waals surface area contributed by atoms with E-state index >= 15 is 0 Å². The molecule has 6 nitrogen and oxygen atoms in total. The van der Waals surface area contributed by atoms with Gasteiger partial charge in [-0.3, -0.25) is 24.3 Å². The summed E-state index contributed by atoms with van der Waals surface area (Å²) in [6.45, 7) is 0. The molecule has 0 rings (SSSR count). The Morgan fingerprint density at radius 2 is 1.70 bits per heavy atom. The number of carbonyl (C=O) groups is 2. The molecule has 0 bridgehead atoms. The number of nitriles is 1. The van der Waals surface area contributed by atoms with Crippen LogP contribution in [0.2, 0.25) is 0 Å². The Morgan fingerprint density at radius 3 is 1.90 bits per heavy atom. The maximum absolute atomic E-state index is 10.7. The van der Waals surface area contributed by atoms with Gasteiger partial charge in [-0.2, -0.15) is 5.26 Å². The van der Waals surface area contributed by atoms with Crippen LogP contribution >= 0.6 is 7.44 Å². The van der Waals surface area contributed by atoms with Gasteiger partial charge in [0.15, 0.2) is 5.81 Å². The highest BCUT2D eigenvalue weighted by molar-refractivity contribution is 7.65. The van der Waals surface area contributed by atoms with Crippen molar-refractivity contribution in [2.24, 2.45) is 0 Å². The molecule has 2 N–H and O–H groups in total. The molecule has 0 unspecified atom stereocenters. The summed E-state index contributed by atoms with van der Waals surface area (Å²) in [5.74, 6) is 1.25. The average Bonchev–Trinajstić information content (AvgIpc) is 1.89. The van der Waals surface area contributed by atoms with E-state index in [4.69, 9.17) is 5.26 Å². The molecule has 54 valence electrons. The minimum absolute atomic E-state index is 0.0838. The summed E-state index contributed by atoms with van der Waals surface area (Å²) in [5, 5.41) is 11.5. The molecule has 0 aliphatic carbocycles. The maximum atomic E-state index is 10.7. The third-order valence-corrected chi connectivity index (χ3v) is 1.83. The molecule has 0 aliphatic heterocycles. The van der Waals surface area contributed by atoms with Crippen LogP contribution in [0.4, 0.5) is 0 Å². The van der Waals surface area contributed by atoms with Crippen molar-refractivity contribution in [2.45, 2.75) is 0 Å². The second-order valence-corrected chi connectivity index (χ2v) is 3.14. The van der Waals surface area contributed by atoms with Gasteiger partial charge in [0.1, 0.15) is 0 Å². The summed E-state index contributed by atoms with van der Waals surface area (Å²) in [5.41, 5.74) is 0. The zero-order valence-corrected chi connectivity index (χ0v) is 5.67. The van der Waals surface area contributed by atoms with E-state index in [0.29, 0.717) is 0 Å². The number of nitrogens with zero attached hydrogens (tertiary/aromatic N) is 1. The molecule has 10 heavy (non-hydrogen) atoms. The fourth-order valence-corrected chi connectivity index (χ4v) is 0.730. The lowest BCUT2D eigenvalue weighted by Crippen LogP contribution is -2.18. The minimum atomic E-state index is -3.63. The Balaban J connectivity index is 4.26. The van der Waals surface area contributed by atoms with Gasteiger partial charge in [0, 0.05) is 0 Å². The van der Waals surface area contributed by atoms with Gasteiger partial charge in [0.25, 0.3) is 0 Å². The number of amides is 2. The predicted octanol–water partition coefficient (Wildman–Crippen LogP) is -0.847. The Morgan fingerprint density at radius 1 is 1.30 bits per heavy atom. The van der Waals surface area contributed by atoms with Crippen molar-refractivity contribution in [2.75, 3.05) is 0 Å². The van der Waals surface area contributed by atoms with Crippen molar-refractivity contribution in [3.63, 3.8) is 0 Å². The van der Waals surface area contributed by atoms with E-state index in [0.717, 1.165) is 0 Å². The van der Waals surface area contributed by atoms with Crippen LogP contribution in [0.25, 0.3) is 0 Å². The lowest BCUT2D eigenvalue weighted by molar-refractivity contribution is -0.108. The summed E-state index contributed by atoms with van der Waals surface area (Å²) < 4.78 is 10.7. The monoisotopic (exact) mass is 161 g/mol. The molecular formula is C3H4N3O3P. The second kappa shape index (κ2) is 3.64. The van der Waals surface area contributed by atoms with Gasteiger partial charge < -0.3 is 0 Å². The third-order valence-electron chi connectivity index (χ3n) is 0.610. The van der Waals surface area contributed by atoms with Crippen molar-refractivity contribution < 1.29 is 14.2 Å². The van der Waals surface area contributed by atoms with Crippen LogP contribution in [0, 0.1) is 11.1 Å². The van der Waals surface area contributed by atoms with Crippen molar-refractivity contribution in [1.29, 1.82) is 5.26 Å². The fourth-order valence-electron chi connectivity index (χ4n) is 0.243. The van der Waals surface area contributed by atoms with Crippen LogP contribution in [0.15, 0.2) is 0 Å². The van der Waals surface area contributed by atoms with E-state index in [9.17, 15) is 14.2 Å². The molecule has 0 atom stereocenters. The van der Waals surface area contributed by atoms with E-state index in [2.05, 4.69) is 0 Å². The normalized spacial score (nSPS) is 9.10. The zero-order valence-electron chi connectivity index (χ0n) is 4.77. The summed E-state index contributed by atoms with van der Waals surface area (Å²) in [6, 6.07) is 0. The van der Waals surface area contributed by atoms with E-state index in [1.807, 2.05) is 0 Å². The van der Waals surface area contributed by atoms with E-state index < -0.39 is 7.44 Å². The molecule has 0 radical (unpaired) electrons. The van der Waals surface area contributed by atoms with Crippen molar-refractivity contribution >= 4 is 20.3 Å². The smallest absolute Gasteiger partial charge is 0.282 e. The molecule has 0 aliphatic rings. The fraction of sp³-hybridized carbons (Fsp3) is 0. The largest absolute Gasteiger partial charge is 0.359 e. The van der Waals surface area contributed by atoms with E-state index in [1.165, 1.54) is 5.81 Å². The maximum Gasteiger partial charge on any atom is 0.359 e. The Bertz CT molecular complexity index is 206. The molecule has 0 spiro atoms. The third kappa shape index (κ3) is 2.29. The molecule has 0 aromatic carbocycles. The number of carbonyl (C=O) groups excluding carboxylic acids is 2. The first-order valence-corrected chi connectivity index (χ1v) is 3.83. The van der Waals surface area contributed by atoms with Crippen LogP contribution in [-0.4, -0.2) is 12.8 Å². The van der Waals surface area contributed by atoms with E-state index in [1.54, 1.807) is 10.2 Å². The molecule has 0 aromatic heterocycles. The number of hydrogen-bond donors (Lipinski definition) is 2. The van der Waals surface area contributed by atoms with Gasteiger partial charge >= 0.3 is 7.44 Å². The molecule has 0 heterocycles. The van der Waals surface area contributed by atoms with Gasteiger partial charge in [-0.1, -0.05) is 0 Å². The second-order valence-electron chi connectivity index (χ2n) is 1.20. The molecule has 2 amide bonds. The Labute approximate surface area is 56.7 Å². The van der Waals surface area contributed by atoms with Gasteiger partial charge in [-0.25, -0.2) is 0 Å². The molecule has 0 fully saturated rings. The van der Waals surface area contributed by atoms with Gasteiger partial charge in [-0.15, -0.1) is 0 Å².